The van der Waals surface area contributed by atoms with Crippen LogP contribution in [0.15, 0.2) is 0 Å². The molecule has 1 N–H and O–H groups in total. The van der Waals surface area contributed by atoms with E-state index in [1.54, 1.807) is 27.7 Å². The van der Waals surface area contributed by atoms with E-state index in [2.05, 4.69) is 5.32 Å². The van der Waals surface area contributed by atoms with Crippen molar-refractivity contribution in [2.45, 2.75) is 65.5 Å². The molecule has 0 fully saturated rings. The highest BCUT2D eigenvalue weighted by Crippen LogP contribution is 2.11. The van der Waals surface area contributed by atoms with Crippen molar-refractivity contribution in [3.63, 3.8) is 0 Å². The van der Waals surface area contributed by atoms with Crippen LogP contribution in [0.3, 0.4) is 0 Å². The lowest BCUT2D eigenvalue weighted by atomic mass is 10.1. The molecule has 0 radical (unpaired) electrons. The second kappa shape index (κ2) is 7.13. The standard InChI is InChI=1S/C13H23NO4/c1-6-11(16)14-10(8-7-9(2)15)12(17)18-13(3,4)5/h10H,6-8H2,1-5H3,(H,14,16). The molecular weight excluding hydrogens is 234 g/mol. The van der Waals surface area contributed by atoms with E-state index >= 15 is 0 Å². The summed E-state index contributed by atoms with van der Waals surface area (Å²) < 4.78 is 5.21. The molecule has 0 aromatic rings. The zero-order valence-corrected chi connectivity index (χ0v) is 11.8. The highest BCUT2D eigenvalue weighted by atomic mass is 16.6. The first-order chi connectivity index (χ1) is 8.15. The molecule has 0 aromatic heterocycles. The van der Waals surface area contributed by atoms with Crippen molar-refractivity contribution in [2.75, 3.05) is 0 Å². The Hall–Kier alpha value is -1.39. The van der Waals surface area contributed by atoms with E-state index in [0.717, 1.165) is 0 Å². The van der Waals surface area contributed by atoms with Gasteiger partial charge in [0.15, 0.2) is 0 Å². The Kier molecular flexibility index (Phi) is 6.58. The number of amides is 1. The van der Waals surface area contributed by atoms with E-state index in [4.69, 9.17) is 4.74 Å². The summed E-state index contributed by atoms with van der Waals surface area (Å²) >= 11 is 0. The monoisotopic (exact) mass is 257 g/mol. The minimum Gasteiger partial charge on any atom is -0.458 e. The first-order valence-electron chi connectivity index (χ1n) is 6.17. The van der Waals surface area contributed by atoms with Gasteiger partial charge in [-0.1, -0.05) is 6.92 Å². The highest BCUT2D eigenvalue weighted by molar-refractivity contribution is 5.85. The Morgan fingerprint density at radius 3 is 2.17 bits per heavy atom. The van der Waals surface area contributed by atoms with Crippen LogP contribution in [0, 0.1) is 0 Å². The molecule has 5 heteroatoms. The number of nitrogens with one attached hydrogen (secondary N) is 1. The zero-order chi connectivity index (χ0) is 14.3. The fourth-order valence-corrected chi connectivity index (χ4v) is 1.27. The molecule has 1 amide bonds. The minimum atomic E-state index is -0.749. The summed E-state index contributed by atoms with van der Waals surface area (Å²) in [5.74, 6) is -0.741. The molecule has 0 aliphatic carbocycles. The topological polar surface area (TPSA) is 72.5 Å². The molecule has 0 aliphatic heterocycles. The average Bonchev–Trinajstić information content (AvgIpc) is 2.20. The molecule has 1 atom stereocenters. The van der Waals surface area contributed by atoms with Crippen LogP contribution in [0.5, 0.6) is 0 Å². The van der Waals surface area contributed by atoms with Crippen LogP contribution in [0.4, 0.5) is 0 Å². The molecule has 1 unspecified atom stereocenters. The van der Waals surface area contributed by atoms with E-state index in [-0.39, 0.29) is 24.5 Å². The molecule has 0 rings (SSSR count). The molecule has 0 saturated carbocycles. The normalized spacial score (nSPS) is 12.7. The molecule has 0 aliphatic rings. The molecule has 0 bridgehead atoms. The van der Waals surface area contributed by atoms with Gasteiger partial charge < -0.3 is 14.8 Å². The molecule has 5 nitrogen and oxygen atoms in total. The van der Waals surface area contributed by atoms with Gasteiger partial charge in [0.05, 0.1) is 0 Å². The number of ketones is 1. The van der Waals surface area contributed by atoms with Crippen LogP contribution in [0.1, 0.15) is 53.9 Å². The maximum Gasteiger partial charge on any atom is 0.329 e. The van der Waals surface area contributed by atoms with Crippen LogP contribution in [-0.4, -0.2) is 29.3 Å². The fourth-order valence-electron chi connectivity index (χ4n) is 1.27. The van der Waals surface area contributed by atoms with Crippen molar-refractivity contribution in [3.8, 4) is 0 Å². The number of ether oxygens (including phenoxy) is 1. The molecule has 0 saturated heterocycles. The maximum atomic E-state index is 11.9. The summed E-state index contributed by atoms with van der Waals surface area (Å²) in [6, 6.07) is -0.749. The summed E-state index contributed by atoms with van der Waals surface area (Å²) in [5.41, 5.74) is -0.609. The Balaban J connectivity index is 4.58. The Morgan fingerprint density at radius 1 is 1.22 bits per heavy atom. The predicted octanol–water partition coefficient (Wildman–Crippen LogP) is 1.59. The average molecular weight is 257 g/mol. The lowest BCUT2D eigenvalue weighted by Crippen LogP contribution is -2.44. The van der Waals surface area contributed by atoms with Gasteiger partial charge in [-0.05, 0) is 34.1 Å². The van der Waals surface area contributed by atoms with Gasteiger partial charge in [0.2, 0.25) is 5.91 Å². The van der Waals surface area contributed by atoms with E-state index in [1.807, 2.05) is 0 Å². The van der Waals surface area contributed by atoms with Crippen LogP contribution >= 0.6 is 0 Å². The first kappa shape index (κ1) is 16.6. The van der Waals surface area contributed by atoms with Crippen molar-refractivity contribution in [1.29, 1.82) is 0 Å². The Bertz CT molecular complexity index is 317. The largest absolute Gasteiger partial charge is 0.458 e. The molecule has 0 aromatic carbocycles. The quantitative estimate of drug-likeness (QED) is 0.733. The number of Topliss-reactive ketones (excluding diaryl/α,β-unsaturated/α-hetero) is 1. The van der Waals surface area contributed by atoms with E-state index < -0.39 is 17.6 Å². The Morgan fingerprint density at radius 2 is 1.78 bits per heavy atom. The number of esters is 1. The zero-order valence-electron chi connectivity index (χ0n) is 11.8. The molecule has 0 heterocycles. The van der Waals surface area contributed by atoms with Gasteiger partial charge in [0.25, 0.3) is 0 Å². The van der Waals surface area contributed by atoms with Gasteiger partial charge in [-0.2, -0.15) is 0 Å². The number of hydrogen-bond donors (Lipinski definition) is 1. The lowest BCUT2D eigenvalue weighted by molar-refractivity contribution is -0.158. The molecular formula is C13H23NO4. The summed E-state index contributed by atoms with van der Waals surface area (Å²) in [5, 5.41) is 2.58. The van der Waals surface area contributed by atoms with Crippen molar-refractivity contribution < 1.29 is 19.1 Å². The van der Waals surface area contributed by atoms with Gasteiger partial charge in [-0.15, -0.1) is 0 Å². The summed E-state index contributed by atoms with van der Waals surface area (Å²) in [4.78, 5) is 34.2. The van der Waals surface area contributed by atoms with E-state index in [9.17, 15) is 14.4 Å². The van der Waals surface area contributed by atoms with Crippen molar-refractivity contribution in [2.24, 2.45) is 0 Å². The third-order valence-corrected chi connectivity index (χ3v) is 2.13. The smallest absolute Gasteiger partial charge is 0.329 e. The number of carbonyl (C=O) groups is 3. The summed E-state index contributed by atoms with van der Waals surface area (Å²) in [7, 11) is 0. The second-order valence-electron chi connectivity index (χ2n) is 5.25. The molecule has 104 valence electrons. The number of carbonyl (C=O) groups excluding carboxylic acids is 3. The summed E-state index contributed by atoms with van der Waals surface area (Å²) in [6.45, 7) is 8.43. The van der Waals surface area contributed by atoms with Crippen LogP contribution < -0.4 is 5.32 Å². The molecule has 0 spiro atoms. The molecule has 18 heavy (non-hydrogen) atoms. The summed E-state index contributed by atoms with van der Waals surface area (Å²) in [6.07, 6.45) is 0.809. The van der Waals surface area contributed by atoms with E-state index in [1.165, 1.54) is 6.92 Å². The number of rotatable bonds is 6. The maximum absolute atomic E-state index is 11.9. The third kappa shape index (κ3) is 7.81. The third-order valence-electron chi connectivity index (χ3n) is 2.13. The predicted molar refractivity (Wildman–Crippen MR) is 68.0 cm³/mol. The minimum absolute atomic E-state index is 0.0192. The lowest BCUT2D eigenvalue weighted by Gasteiger charge is -2.24. The first-order valence-corrected chi connectivity index (χ1v) is 6.17. The van der Waals surface area contributed by atoms with E-state index in [0.29, 0.717) is 6.42 Å². The van der Waals surface area contributed by atoms with Gasteiger partial charge >= 0.3 is 5.97 Å². The second-order valence-corrected chi connectivity index (χ2v) is 5.25. The van der Waals surface area contributed by atoms with Crippen molar-refractivity contribution in [3.05, 3.63) is 0 Å². The highest BCUT2D eigenvalue weighted by Gasteiger charge is 2.26. The Labute approximate surface area is 108 Å². The van der Waals surface area contributed by atoms with Gasteiger partial charge in [-0.3, -0.25) is 4.79 Å². The van der Waals surface area contributed by atoms with Crippen LogP contribution in [0.25, 0.3) is 0 Å². The van der Waals surface area contributed by atoms with Crippen LogP contribution in [0.2, 0.25) is 0 Å². The van der Waals surface area contributed by atoms with Crippen molar-refractivity contribution >= 4 is 17.7 Å². The number of hydrogen-bond acceptors (Lipinski definition) is 4. The van der Waals surface area contributed by atoms with Crippen LogP contribution in [-0.2, 0) is 19.1 Å². The van der Waals surface area contributed by atoms with Gasteiger partial charge in [0.1, 0.15) is 17.4 Å². The SMILES string of the molecule is CCC(=O)NC(CCC(C)=O)C(=O)OC(C)(C)C. The fraction of sp³-hybridized carbons (Fsp3) is 0.769. The van der Waals surface area contributed by atoms with Gasteiger partial charge in [0, 0.05) is 12.8 Å². The van der Waals surface area contributed by atoms with Crippen molar-refractivity contribution in [1.82, 2.24) is 5.32 Å². The van der Waals surface area contributed by atoms with Gasteiger partial charge in [-0.25, -0.2) is 4.79 Å².